The van der Waals surface area contributed by atoms with Crippen LogP contribution in [0, 0.1) is 0 Å². The molecule has 5 heteroatoms. The Morgan fingerprint density at radius 3 is 2.63 bits per heavy atom. The first-order valence-electron chi connectivity index (χ1n) is 6.01. The fraction of sp³-hybridized carbons (Fsp3) is 0.214. The Hall–Kier alpha value is -1.59. The Kier molecular flexibility index (Phi) is 4.39. The van der Waals surface area contributed by atoms with Gasteiger partial charge in [0.05, 0.1) is 0 Å². The molecule has 4 nitrogen and oxygen atoms in total. The molecular weight excluding hydrogens is 306 g/mol. The lowest BCUT2D eigenvalue weighted by molar-refractivity contribution is -0.116. The van der Waals surface area contributed by atoms with Crippen LogP contribution in [0.25, 0.3) is 0 Å². The third-order valence-corrected chi connectivity index (χ3v) is 3.28. The second-order valence-corrected chi connectivity index (χ2v) is 5.38. The average molecular weight is 322 g/mol. The highest BCUT2D eigenvalue weighted by Crippen LogP contribution is 2.14. The van der Waals surface area contributed by atoms with E-state index >= 15 is 0 Å². The van der Waals surface area contributed by atoms with Gasteiger partial charge in [-0.25, -0.2) is 0 Å². The lowest BCUT2D eigenvalue weighted by Gasteiger charge is -2.06. The second-order valence-electron chi connectivity index (χ2n) is 4.46. The van der Waals surface area contributed by atoms with E-state index in [1.807, 2.05) is 54.2 Å². The molecule has 0 fully saturated rings. The minimum absolute atomic E-state index is 0.0178. The van der Waals surface area contributed by atoms with Crippen LogP contribution in [0.2, 0.25) is 0 Å². The van der Waals surface area contributed by atoms with Crippen LogP contribution >= 0.6 is 15.9 Å². The van der Waals surface area contributed by atoms with Crippen molar-refractivity contribution >= 4 is 27.5 Å². The number of halogens is 1. The van der Waals surface area contributed by atoms with Gasteiger partial charge in [-0.1, -0.05) is 15.9 Å². The maximum atomic E-state index is 11.9. The molecule has 3 N–H and O–H groups in total. The SMILES string of the molecule is CC(N)c1ccn(CC(=O)Nc2ccc(Br)cc2)c1. The first-order valence-corrected chi connectivity index (χ1v) is 6.80. The number of anilines is 1. The lowest BCUT2D eigenvalue weighted by Crippen LogP contribution is -2.17. The molecule has 1 heterocycles. The Balaban J connectivity index is 1.95. The molecule has 0 aliphatic rings. The summed E-state index contributed by atoms with van der Waals surface area (Å²) in [6, 6.07) is 9.39. The van der Waals surface area contributed by atoms with E-state index in [0.717, 1.165) is 15.7 Å². The van der Waals surface area contributed by atoms with Gasteiger partial charge < -0.3 is 15.6 Å². The zero-order chi connectivity index (χ0) is 13.8. The molecule has 0 saturated carbocycles. The molecule has 2 rings (SSSR count). The van der Waals surface area contributed by atoms with Crippen LogP contribution in [0.5, 0.6) is 0 Å². The number of nitrogens with two attached hydrogens (primary N) is 1. The van der Waals surface area contributed by atoms with Gasteiger partial charge in [0.2, 0.25) is 5.91 Å². The maximum Gasteiger partial charge on any atom is 0.244 e. The number of nitrogens with zero attached hydrogens (tertiary/aromatic N) is 1. The maximum absolute atomic E-state index is 11.9. The van der Waals surface area contributed by atoms with Crippen molar-refractivity contribution in [3.8, 4) is 0 Å². The van der Waals surface area contributed by atoms with Crippen LogP contribution in [0.3, 0.4) is 0 Å². The van der Waals surface area contributed by atoms with Crippen LogP contribution in [-0.2, 0) is 11.3 Å². The number of amides is 1. The summed E-state index contributed by atoms with van der Waals surface area (Å²) in [6.07, 6.45) is 3.76. The first kappa shape index (κ1) is 13.8. The second kappa shape index (κ2) is 6.04. The summed E-state index contributed by atoms with van der Waals surface area (Å²) in [7, 11) is 0. The summed E-state index contributed by atoms with van der Waals surface area (Å²) in [5.41, 5.74) is 7.59. The molecule has 0 radical (unpaired) electrons. The van der Waals surface area contributed by atoms with E-state index in [0.29, 0.717) is 0 Å². The predicted octanol–water partition coefficient (Wildman–Crippen LogP) is 2.91. The van der Waals surface area contributed by atoms with Gasteiger partial charge in [0, 0.05) is 28.6 Å². The molecule has 1 aromatic heterocycles. The van der Waals surface area contributed by atoms with Crippen LogP contribution in [0.1, 0.15) is 18.5 Å². The molecule has 1 aromatic carbocycles. The minimum Gasteiger partial charge on any atom is -0.345 e. The average Bonchev–Trinajstić information content (AvgIpc) is 2.80. The van der Waals surface area contributed by atoms with Gasteiger partial charge in [0.1, 0.15) is 6.54 Å². The van der Waals surface area contributed by atoms with E-state index in [1.54, 1.807) is 0 Å². The molecule has 0 spiro atoms. The summed E-state index contributed by atoms with van der Waals surface area (Å²) >= 11 is 3.35. The van der Waals surface area contributed by atoms with Crippen molar-refractivity contribution in [2.24, 2.45) is 5.73 Å². The van der Waals surface area contributed by atoms with Crippen LogP contribution in [0.15, 0.2) is 47.2 Å². The molecule has 0 saturated heterocycles. The molecule has 100 valence electrons. The first-order chi connectivity index (χ1) is 9.04. The molecule has 1 atom stereocenters. The molecule has 1 unspecified atom stereocenters. The van der Waals surface area contributed by atoms with Crippen molar-refractivity contribution in [2.45, 2.75) is 19.5 Å². The quantitative estimate of drug-likeness (QED) is 0.909. The van der Waals surface area contributed by atoms with Gasteiger partial charge in [-0.3, -0.25) is 4.79 Å². The van der Waals surface area contributed by atoms with Gasteiger partial charge in [0.15, 0.2) is 0 Å². The largest absolute Gasteiger partial charge is 0.345 e. The van der Waals surface area contributed by atoms with Gasteiger partial charge >= 0.3 is 0 Å². The smallest absolute Gasteiger partial charge is 0.244 e. The van der Waals surface area contributed by atoms with Crippen molar-refractivity contribution in [3.63, 3.8) is 0 Å². The molecule has 0 aliphatic carbocycles. The van der Waals surface area contributed by atoms with Gasteiger partial charge in [-0.15, -0.1) is 0 Å². The Bertz CT molecular complexity index is 560. The Morgan fingerprint density at radius 2 is 2.05 bits per heavy atom. The number of carbonyl (C=O) groups is 1. The van der Waals surface area contributed by atoms with Gasteiger partial charge in [0.25, 0.3) is 0 Å². The number of carbonyl (C=O) groups excluding carboxylic acids is 1. The van der Waals surface area contributed by atoms with Crippen molar-refractivity contribution < 1.29 is 4.79 Å². The number of nitrogens with one attached hydrogen (secondary N) is 1. The van der Waals surface area contributed by atoms with E-state index in [1.165, 1.54) is 0 Å². The fourth-order valence-corrected chi connectivity index (χ4v) is 1.99. The highest BCUT2D eigenvalue weighted by Gasteiger charge is 2.06. The van der Waals surface area contributed by atoms with E-state index in [9.17, 15) is 4.79 Å². The normalized spacial score (nSPS) is 12.2. The zero-order valence-electron chi connectivity index (χ0n) is 10.6. The third kappa shape index (κ3) is 3.94. The third-order valence-electron chi connectivity index (χ3n) is 2.75. The highest BCUT2D eigenvalue weighted by atomic mass is 79.9. The summed E-state index contributed by atoms with van der Waals surface area (Å²) < 4.78 is 2.81. The van der Waals surface area contributed by atoms with Gasteiger partial charge in [-0.05, 0) is 42.8 Å². The number of hydrogen-bond acceptors (Lipinski definition) is 2. The van der Waals surface area contributed by atoms with E-state index in [4.69, 9.17) is 5.73 Å². The highest BCUT2D eigenvalue weighted by molar-refractivity contribution is 9.10. The van der Waals surface area contributed by atoms with Crippen LogP contribution < -0.4 is 11.1 Å². The summed E-state index contributed by atoms with van der Waals surface area (Å²) in [5.74, 6) is -0.0610. The Morgan fingerprint density at radius 1 is 1.37 bits per heavy atom. The van der Waals surface area contributed by atoms with Crippen LogP contribution in [0.4, 0.5) is 5.69 Å². The minimum atomic E-state index is -0.0610. The summed E-state index contributed by atoms with van der Waals surface area (Å²) in [6.45, 7) is 2.20. The topological polar surface area (TPSA) is 60.0 Å². The summed E-state index contributed by atoms with van der Waals surface area (Å²) in [5, 5.41) is 2.84. The molecule has 19 heavy (non-hydrogen) atoms. The van der Waals surface area contributed by atoms with E-state index < -0.39 is 0 Å². The van der Waals surface area contributed by atoms with Crippen molar-refractivity contribution in [1.82, 2.24) is 4.57 Å². The Labute approximate surface area is 120 Å². The van der Waals surface area contributed by atoms with Crippen molar-refractivity contribution in [1.29, 1.82) is 0 Å². The zero-order valence-corrected chi connectivity index (χ0v) is 12.2. The summed E-state index contributed by atoms with van der Waals surface area (Å²) in [4.78, 5) is 11.9. The fourth-order valence-electron chi connectivity index (χ4n) is 1.73. The number of benzene rings is 1. The van der Waals surface area contributed by atoms with Gasteiger partial charge in [-0.2, -0.15) is 0 Å². The number of hydrogen-bond donors (Lipinski definition) is 2. The standard InChI is InChI=1S/C14H16BrN3O/c1-10(16)11-6-7-18(8-11)9-14(19)17-13-4-2-12(15)3-5-13/h2-8,10H,9,16H2,1H3,(H,17,19). The van der Waals surface area contributed by atoms with E-state index in [-0.39, 0.29) is 18.5 Å². The molecular formula is C14H16BrN3O. The van der Waals surface area contributed by atoms with Crippen molar-refractivity contribution in [3.05, 3.63) is 52.8 Å². The lowest BCUT2D eigenvalue weighted by atomic mass is 10.2. The van der Waals surface area contributed by atoms with Crippen LogP contribution in [-0.4, -0.2) is 10.5 Å². The van der Waals surface area contributed by atoms with Crippen molar-refractivity contribution in [2.75, 3.05) is 5.32 Å². The van der Waals surface area contributed by atoms with E-state index in [2.05, 4.69) is 21.2 Å². The molecule has 0 aliphatic heterocycles. The number of rotatable bonds is 4. The molecule has 0 bridgehead atoms. The molecule has 1 amide bonds. The predicted molar refractivity (Wildman–Crippen MR) is 79.8 cm³/mol. The molecule has 2 aromatic rings. The number of aromatic nitrogens is 1. The monoisotopic (exact) mass is 321 g/mol.